The normalized spacial score (nSPS) is 27.4. The number of ether oxygens (including phenoxy) is 2. The zero-order valence-corrected chi connectivity index (χ0v) is 14.4. The van der Waals surface area contributed by atoms with Gasteiger partial charge >= 0.3 is 0 Å². The lowest BCUT2D eigenvalue weighted by atomic mass is 9.97. The predicted molar refractivity (Wildman–Crippen MR) is 86.9 cm³/mol. The number of rotatable bonds is 6. The van der Waals surface area contributed by atoms with Crippen LogP contribution in [0.15, 0.2) is 0 Å². The maximum Gasteiger partial charge on any atom is 0.248 e. The van der Waals surface area contributed by atoms with Gasteiger partial charge in [0.2, 0.25) is 5.91 Å². The van der Waals surface area contributed by atoms with E-state index in [-0.39, 0.29) is 18.6 Å². The van der Waals surface area contributed by atoms with Crippen molar-refractivity contribution in [2.75, 3.05) is 47.0 Å². The molecule has 5 heteroatoms. The second-order valence-electron chi connectivity index (χ2n) is 6.97. The second-order valence-corrected chi connectivity index (χ2v) is 6.97. The Morgan fingerprint density at radius 1 is 1.32 bits per heavy atom. The van der Waals surface area contributed by atoms with E-state index < -0.39 is 0 Å². The quantitative estimate of drug-likeness (QED) is 0.749. The van der Waals surface area contributed by atoms with Crippen molar-refractivity contribution in [3.63, 3.8) is 0 Å². The number of carbonyl (C=O) groups excluding carboxylic acids is 1. The highest BCUT2D eigenvalue weighted by molar-refractivity contribution is 5.77. The molecule has 0 aromatic heterocycles. The topological polar surface area (TPSA) is 42.0 Å². The lowest BCUT2D eigenvalue weighted by molar-refractivity contribution is -0.140. The molecule has 22 heavy (non-hydrogen) atoms. The first-order valence-electron chi connectivity index (χ1n) is 8.71. The van der Waals surface area contributed by atoms with E-state index in [9.17, 15) is 4.79 Å². The van der Waals surface area contributed by atoms with Crippen LogP contribution in [-0.2, 0) is 14.3 Å². The first-order valence-corrected chi connectivity index (χ1v) is 8.71. The number of hydrogen-bond acceptors (Lipinski definition) is 4. The summed E-state index contributed by atoms with van der Waals surface area (Å²) < 4.78 is 11.5. The van der Waals surface area contributed by atoms with Crippen molar-refractivity contribution < 1.29 is 14.3 Å². The Morgan fingerprint density at radius 2 is 2.05 bits per heavy atom. The van der Waals surface area contributed by atoms with Gasteiger partial charge in [0.1, 0.15) is 6.61 Å². The van der Waals surface area contributed by atoms with Crippen LogP contribution < -0.4 is 0 Å². The van der Waals surface area contributed by atoms with Gasteiger partial charge in [0.05, 0.1) is 19.3 Å². The van der Waals surface area contributed by atoms with E-state index in [1.807, 2.05) is 4.90 Å². The number of amides is 1. The summed E-state index contributed by atoms with van der Waals surface area (Å²) in [7, 11) is 4.17. The van der Waals surface area contributed by atoms with Gasteiger partial charge in [-0.1, -0.05) is 12.8 Å². The minimum Gasteiger partial charge on any atom is -0.379 e. The van der Waals surface area contributed by atoms with Crippen molar-refractivity contribution in [2.45, 2.75) is 51.2 Å². The molecule has 2 rings (SSSR count). The third-order valence-corrected chi connectivity index (χ3v) is 4.99. The Kier molecular flexibility index (Phi) is 7.12. The van der Waals surface area contributed by atoms with Crippen LogP contribution in [-0.4, -0.2) is 74.9 Å². The molecule has 1 amide bonds. The fourth-order valence-corrected chi connectivity index (χ4v) is 3.42. The van der Waals surface area contributed by atoms with E-state index in [0.29, 0.717) is 25.2 Å². The zero-order valence-electron chi connectivity index (χ0n) is 14.4. The molecule has 5 nitrogen and oxygen atoms in total. The molecular weight excluding hydrogens is 280 g/mol. The third kappa shape index (κ3) is 5.21. The fourth-order valence-electron chi connectivity index (χ4n) is 3.42. The van der Waals surface area contributed by atoms with Crippen molar-refractivity contribution in [1.29, 1.82) is 0 Å². The van der Waals surface area contributed by atoms with E-state index in [1.165, 1.54) is 12.8 Å². The van der Waals surface area contributed by atoms with Gasteiger partial charge in [0.15, 0.2) is 0 Å². The standard InChI is InChI=1S/C17H32N2O3/c1-14-15(8-9-18(2)3)12-21-11-10-19(14)17(20)13-22-16-6-4-5-7-16/h14-16H,4-13H2,1-3H3/t14-,15+/m0/s1. The predicted octanol–water partition coefficient (Wildman–Crippen LogP) is 1.76. The monoisotopic (exact) mass is 312 g/mol. The van der Waals surface area contributed by atoms with Gasteiger partial charge in [-0.25, -0.2) is 0 Å². The van der Waals surface area contributed by atoms with Gasteiger partial charge in [-0.3, -0.25) is 4.79 Å². The van der Waals surface area contributed by atoms with E-state index in [0.717, 1.165) is 32.4 Å². The average Bonchev–Trinajstić information content (AvgIpc) is 2.93. The zero-order chi connectivity index (χ0) is 15.9. The molecule has 0 bridgehead atoms. The molecule has 2 fully saturated rings. The van der Waals surface area contributed by atoms with Crippen LogP contribution in [0.2, 0.25) is 0 Å². The number of nitrogens with zero attached hydrogens (tertiary/aromatic N) is 2. The van der Waals surface area contributed by atoms with Crippen LogP contribution in [0.1, 0.15) is 39.0 Å². The largest absolute Gasteiger partial charge is 0.379 e. The smallest absolute Gasteiger partial charge is 0.248 e. The number of carbonyl (C=O) groups is 1. The minimum absolute atomic E-state index is 0.125. The van der Waals surface area contributed by atoms with Crippen LogP contribution in [0.25, 0.3) is 0 Å². The molecular formula is C17H32N2O3. The fraction of sp³-hybridized carbons (Fsp3) is 0.941. The van der Waals surface area contributed by atoms with Crippen molar-refractivity contribution in [2.24, 2.45) is 5.92 Å². The van der Waals surface area contributed by atoms with Crippen molar-refractivity contribution in [1.82, 2.24) is 9.80 Å². The van der Waals surface area contributed by atoms with E-state index >= 15 is 0 Å². The van der Waals surface area contributed by atoms with Crippen LogP contribution in [0.5, 0.6) is 0 Å². The highest BCUT2D eigenvalue weighted by Gasteiger charge is 2.30. The molecule has 0 N–H and O–H groups in total. The van der Waals surface area contributed by atoms with Gasteiger partial charge < -0.3 is 19.3 Å². The maximum atomic E-state index is 12.5. The van der Waals surface area contributed by atoms with Gasteiger partial charge in [0.25, 0.3) is 0 Å². The summed E-state index contributed by atoms with van der Waals surface area (Å²) in [4.78, 5) is 16.7. The first-order chi connectivity index (χ1) is 10.6. The summed E-state index contributed by atoms with van der Waals surface area (Å²) in [5.74, 6) is 0.528. The summed E-state index contributed by atoms with van der Waals surface area (Å²) in [6.07, 6.45) is 6.04. The van der Waals surface area contributed by atoms with Crippen molar-refractivity contribution >= 4 is 5.91 Å². The molecule has 2 aliphatic rings. The summed E-state index contributed by atoms with van der Waals surface area (Å²) in [5.41, 5.74) is 0. The Morgan fingerprint density at radius 3 is 2.73 bits per heavy atom. The van der Waals surface area contributed by atoms with Gasteiger partial charge in [0, 0.05) is 18.5 Å². The van der Waals surface area contributed by atoms with E-state index in [4.69, 9.17) is 9.47 Å². The molecule has 1 aliphatic carbocycles. The molecule has 0 spiro atoms. The average molecular weight is 312 g/mol. The Hall–Kier alpha value is -0.650. The molecule has 0 unspecified atom stereocenters. The summed E-state index contributed by atoms with van der Waals surface area (Å²) in [6.45, 7) is 5.49. The Bertz CT molecular complexity index is 343. The molecule has 1 aliphatic heterocycles. The molecule has 0 aromatic rings. The SMILES string of the molecule is C[C@H]1[C@H](CCN(C)C)COCCN1C(=O)COC1CCCC1. The number of hydrogen-bond donors (Lipinski definition) is 0. The van der Waals surface area contributed by atoms with E-state index in [1.54, 1.807) is 0 Å². The highest BCUT2D eigenvalue weighted by Crippen LogP contribution is 2.22. The van der Waals surface area contributed by atoms with Crippen molar-refractivity contribution in [3.8, 4) is 0 Å². The maximum absolute atomic E-state index is 12.5. The summed E-state index contributed by atoms with van der Waals surface area (Å²) >= 11 is 0. The Labute approximate surface area is 134 Å². The summed E-state index contributed by atoms with van der Waals surface area (Å²) in [6, 6.07) is 0.224. The minimum atomic E-state index is 0.125. The van der Waals surface area contributed by atoms with Gasteiger partial charge in [-0.15, -0.1) is 0 Å². The highest BCUT2D eigenvalue weighted by atomic mass is 16.5. The molecule has 0 aromatic carbocycles. The molecule has 1 saturated carbocycles. The molecule has 1 heterocycles. The van der Waals surface area contributed by atoms with Crippen LogP contribution in [0.3, 0.4) is 0 Å². The van der Waals surface area contributed by atoms with Crippen LogP contribution >= 0.6 is 0 Å². The van der Waals surface area contributed by atoms with Crippen LogP contribution in [0, 0.1) is 5.92 Å². The lowest BCUT2D eigenvalue weighted by Gasteiger charge is -2.32. The Balaban J connectivity index is 1.84. The summed E-state index contributed by atoms with van der Waals surface area (Å²) in [5, 5.41) is 0. The van der Waals surface area contributed by atoms with E-state index in [2.05, 4.69) is 25.9 Å². The first kappa shape index (κ1) is 17.7. The second kappa shape index (κ2) is 8.85. The van der Waals surface area contributed by atoms with Gasteiger partial charge in [-0.05, 0) is 46.8 Å². The van der Waals surface area contributed by atoms with Gasteiger partial charge in [-0.2, -0.15) is 0 Å². The van der Waals surface area contributed by atoms with Crippen molar-refractivity contribution in [3.05, 3.63) is 0 Å². The van der Waals surface area contributed by atoms with Crippen LogP contribution in [0.4, 0.5) is 0 Å². The lowest BCUT2D eigenvalue weighted by Crippen LogP contribution is -2.45. The molecule has 2 atom stereocenters. The molecule has 0 radical (unpaired) electrons. The molecule has 1 saturated heterocycles. The third-order valence-electron chi connectivity index (χ3n) is 4.99. The molecule has 128 valence electrons.